The highest BCUT2D eigenvalue weighted by Crippen LogP contribution is 2.57. The van der Waals surface area contributed by atoms with Crippen LogP contribution in [0, 0.1) is 11.8 Å². The molecule has 2 fully saturated rings. The first kappa shape index (κ1) is 27.8. The maximum Gasteiger partial charge on any atom is 0.310 e. The fourth-order valence-electron chi connectivity index (χ4n) is 6.29. The molecule has 13 heteroatoms. The summed E-state index contributed by atoms with van der Waals surface area (Å²) >= 11 is 0. The summed E-state index contributed by atoms with van der Waals surface area (Å²) in [6.45, 7) is -0.581. The van der Waals surface area contributed by atoms with Crippen LogP contribution in [0.25, 0.3) is 0 Å². The number of fused-ring (bicyclic) bond motifs is 3. The lowest BCUT2D eigenvalue weighted by atomic mass is 9.66. The van der Waals surface area contributed by atoms with E-state index in [9.17, 15) is 25.2 Å². The Morgan fingerprint density at radius 3 is 2.12 bits per heavy atom. The average molecular weight is 577 g/mol. The second-order valence-electron chi connectivity index (χ2n) is 10.3. The van der Waals surface area contributed by atoms with Gasteiger partial charge in [0.25, 0.3) is 0 Å². The number of hydrogen-bond acceptors (Lipinski definition) is 13. The number of cyclic esters (lactones) is 1. The van der Waals surface area contributed by atoms with E-state index in [4.69, 9.17) is 37.9 Å². The lowest BCUT2D eigenvalue weighted by Gasteiger charge is -2.44. The number of aliphatic hydroxyl groups is 4. The molecule has 0 spiro atoms. The second-order valence-corrected chi connectivity index (χ2v) is 10.3. The summed E-state index contributed by atoms with van der Waals surface area (Å²) in [4.78, 5) is 13.4. The predicted molar refractivity (Wildman–Crippen MR) is 136 cm³/mol. The van der Waals surface area contributed by atoms with Crippen molar-refractivity contribution >= 4 is 5.97 Å². The lowest BCUT2D eigenvalue weighted by molar-refractivity contribution is -0.317. The van der Waals surface area contributed by atoms with Crippen molar-refractivity contribution in [3.05, 3.63) is 41.0 Å². The van der Waals surface area contributed by atoms with Crippen molar-refractivity contribution in [3.8, 4) is 28.7 Å². The third kappa shape index (κ3) is 4.44. The number of ether oxygens (including phenoxy) is 8. The molecule has 0 radical (unpaired) electrons. The van der Waals surface area contributed by atoms with Crippen molar-refractivity contribution < 1.29 is 63.1 Å². The molecule has 0 saturated carbocycles. The van der Waals surface area contributed by atoms with Crippen LogP contribution in [0.4, 0.5) is 0 Å². The molecule has 2 saturated heterocycles. The highest BCUT2D eigenvalue weighted by atomic mass is 16.7. The van der Waals surface area contributed by atoms with Gasteiger partial charge in [-0.15, -0.1) is 0 Å². The van der Waals surface area contributed by atoms with E-state index in [1.54, 1.807) is 24.3 Å². The van der Waals surface area contributed by atoms with E-state index >= 15 is 0 Å². The maximum atomic E-state index is 13.4. The Hall–Kier alpha value is -3.33. The Morgan fingerprint density at radius 2 is 1.51 bits per heavy atom. The van der Waals surface area contributed by atoms with E-state index in [2.05, 4.69) is 0 Å². The summed E-state index contributed by atoms with van der Waals surface area (Å²) in [5.74, 6) is -0.112. The van der Waals surface area contributed by atoms with E-state index in [1.807, 2.05) is 0 Å². The molecule has 0 aromatic heterocycles. The number of aliphatic hydroxyl groups excluding tert-OH is 4. The van der Waals surface area contributed by atoms with Crippen LogP contribution in [0.15, 0.2) is 24.3 Å². The Labute approximate surface area is 235 Å². The van der Waals surface area contributed by atoms with Crippen molar-refractivity contribution in [2.75, 3.05) is 41.3 Å². The molecule has 41 heavy (non-hydrogen) atoms. The van der Waals surface area contributed by atoms with Gasteiger partial charge in [-0.3, -0.25) is 4.79 Å². The van der Waals surface area contributed by atoms with Gasteiger partial charge >= 0.3 is 5.97 Å². The quantitative estimate of drug-likeness (QED) is 0.331. The molecule has 6 rings (SSSR count). The van der Waals surface area contributed by atoms with Gasteiger partial charge in [-0.05, 0) is 41.0 Å². The van der Waals surface area contributed by atoms with E-state index in [-0.39, 0.29) is 13.4 Å². The third-order valence-electron chi connectivity index (χ3n) is 8.29. The highest BCUT2D eigenvalue weighted by Gasteiger charge is 2.55. The molecule has 222 valence electrons. The van der Waals surface area contributed by atoms with Crippen LogP contribution in [0.2, 0.25) is 0 Å². The standard InChI is InChI=1S/C28H32O13/c1-34-17-4-11(5-18(35-2)26(17)36-3)20-12-6-15-16(39-10-38-15)7-13(12)25(14-9-37-27(33)21(14)20)41-28-24(32)23(31)22(30)19(8-29)40-28/h4-7,14,19-25,28-32H,8-10H2,1-3H3/t14-,19-,20+,21-,22+,23+,24+,25-,28+/m0/s1. The van der Waals surface area contributed by atoms with Crippen LogP contribution in [0.3, 0.4) is 0 Å². The van der Waals surface area contributed by atoms with E-state index in [1.165, 1.54) is 21.3 Å². The van der Waals surface area contributed by atoms with Gasteiger partial charge in [-0.2, -0.15) is 0 Å². The summed E-state index contributed by atoms with van der Waals surface area (Å²) in [6, 6.07) is 7.11. The predicted octanol–water partition coefficient (Wildman–Crippen LogP) is 0.233. The van der Waals surface area contributed by atoms with Crippen molar-refractivity contribution in [1.29, 1.82) is 0 Å². The van der Waals surface area contributed by atoms with Crippen molar-refractivity contribution in [2.45, 2.75) is 42.7 Å². The minimum Gasteiger partial charge on any atom is -0.493 e. The van der Waals surface area contributed by atoms with Gasteiger partial charge in [0, 0.05) is 11.8 Å². The first-order valence-electron chi connectivity index (χ1n) is 13.2. The van der Waals surface area contributed by atoms with Crippen LogP contribution in [0.5, 0.6) is 28.7 Å². The van der Waals surface area contributed by atoms with Crippen LogP contribution in [-0.4, -0.2) is 98.4 Å². The fraction of sp³-hybridized carbons (Fsp3) is 0.536. The Bertz CT molecular complexity index is 1290. The molecule has 0 unspecified atom stereocenters. The van der Waals surface area contributed by atoms with Gasteiger partial charge in [-0.25, -0.2) is 0 Å². The number of carbonyl (C=O) groups excluding carboxylic acids is 1. The van der Waals surface area contributed by atoms with Gasteiger partial charge in [0.05, 0.1) is 46.6 Å². The zero-order valence-electron chi connectivity index (χ0n) is 22.6. The molecule has 0 amide bonds. The molecule has 13 nitrogen and oxygen atoms in total. The number of esters is 1. The van der Waals surface area contributed by atoms with E-state index < -0.39 is 67.1 Å². The summed E-state index contributed by atoms with van der Waals surface area (Å²) < 4.78 is 45.5. The minimum absolute atomic E-state index is 0.0141. The Kier molecular flexibility index (Phi) is 7.34. The van der Waals surface area contributed by atoms with E-state index in [0.29, 0.717) is 45.4 Å². The molecular formula is C28H32O13. The first-order chi connectivity index (χ1) is 19.8. The molecule has 3 aliphatic heterocycles. The monoisotopic (exact) mass is 576 g/mol. The van der Waals surface area contributed by atoms with Crippen molar-refractivity contribution in [3.63, 3.8) is 0 Å². The van der Waals surface area contributed by atoms with Crippen LogP contribution in [-0.2, 0) is 19.0 Å². The third-order valence-corrected chi connectivity index (χ3v) is 8.29. The number of carbonyl (C=O) groups is 1. The van der Waals surface area contributed by atoms with Gasteiger partial charge in [0.1, 0.15) is 24.4 Å². The average Bonchev–Trinajstić information content (AvgIpc) is 3.61. The number of hydrogen-bond donors (Lipinski definition) is 4. The summed E-state index contributed by atoms with van der Waals surface area (Å²) in [7, 11) is 4.51. The number of methoxy groups -OCH3 is 3. The van der Waals surface area contributed by atoms with Gasteiger partial charge in [-0.1, -0.05) is 0 Å². The Morgan fingerprint density at radius 1 is 0.854 bits per heavy atom. The maximum absolute atomic E-state index is 13.4. The van der Waals surface area contributed by atoms with Crippen molar-refractivity contribution in [2.24, 2.45) is 11.8 Å². The van der Waals surface area contributed by atoms with Crippen LogP contribution in [0.1, 0.15) is 28.7 Å². The molecule has 1 aliphatic carbocycles. The van der Waals surface area contributed by atoms with Crippen LogP contribution >= 0.6 is 0 Å². The summed E-state index contributed by atoms with van der Waals surface area (Å²) in [6.07, 6.45) is -8.26. The van der Waals surface area contributed by atoms with Crippen LogP contribution < -0.4 is 23.7 Å². The SMILES string of the molecule is COc1cc([C@@H]2c3cc4c(cc3[C@H](O[C@H]3O[C@@H](CO)[C@@H](O)[C@@H](O)[C@H]3O)[C@H]3COC(=O)[C@H]23)OCO4)cc(OC)c1OC. The van der Waals surface area contributed by atoms with E-state index in [0.717, 1.165) is 0 Å². The summed E-state index contributed by atoms with van der Waals surface area (Å²) in [5, 5.41) is 41.0. The first-order valence-corrected chi connectivity index (χ1v) is 13.2. The topological polar surface area (TPSA) is 172 Å². The Balaban J connectivity index is 1.49. The zero-order chi connectivity index (χ0) is 29.0. The molecule has 3 heterocycles. The second kappa shape index (κ2) is 10.8. The number of benzene rings is 2. The molecular weight excluding hydrogens is 544 g/mol. The molecule has 4 aliphatic rings. The van der Waals surface area contributed by atoms with Gasteiger partial charge in [0.15, 0.2) is 29.3 Å². The lowest BCUT2D eigenvalue weighted by Crippen LogP contribution is -2.59. The fourth-order valence-corrected chi connectivity index (χ4v) is 6.29. The molecule has 2 aromatic carbocycles. The largest absolute Gasteiger partial charge is 0.493 e. The summed E-state index contributed by atoms with van der Waals surface area (Å²) in [5.41, 5.74) is 2.00. The number of rotatable bonds is 7. The van der Waals surface area contributed by atoms with Gasteiger partial charge in [0.2, 0.25) is 12.5 Å². The highest BCUT2D eigenvalue weighted by molar-refractivity contribution is 5.79. The molecule has 4 N–H and O–H groups in total. The zero-order valence-corrected chi connectivity index (χ0v) is 22.6. The molecule has 9 atom stereocenters. The van der Waals surface area contributed by atoms with Crippen molar-refractivity contribution in [1.82, 2.24) is 0 Å². The molecule has 2 aromatic rings. The smallest absolute Gasteiger partial charge is 0.310 e. The molecule has 0 bridgehead atoms. The van der Waals surface area contributed by atoms with Gasteiger partial charge < -0.3 is 58.3 Å². The normalized spacial score (nSPS) is 33.5. The minimum atomic E-state index is -1.63.